The van der Waals surface area contributed by atoms with E-state index in [9.17, 15) is 38.1 Å². The minimum absolute atomic E-state index is 0.0213. The number of nitrogens with zero attached hydrogens (tertiary/aromatic N) is 4. The van der Waals surface area contributed by atoms with Crippen LogP contribution in [0.3, 0.4) is 0 Å². The number of alkyl halides is 4. The number of aromatic nitrogens is 4. The fourth-order valence-electron chi connectivity index (χ4n) is 3.96. The molecule has 2 aromatic heterocycles. The minimum atomic E-state index is -4.59. The summed E-state index contributed by atoms with van der Waals surface area (Å²) in [5, 5.41) is 29.7. The number of nitrogens with two attached hydrogens (primary N) is 1. The molecule has 3 aromatic rings. The number of carboxylic acids is 2. The number of imidazole rings is 1. The van der Waals surface area contributed by atoms with Gasteiger partial charge in [-0.25, -0.2) is 19.0 Å². The Labute approximate surface area is 226 Å². The van der Waals surface area contributed by atoms with Crippen LogP contribution in [-0.4, -0.2) is 90.1 Å². The molecule has 1 aromatic carbocycles. The van der Waals surface area contributed by atoms with Crippen molar-refractivity contribution in [2.45, 2.75) is 42.8 Å². The number of nitrogen functional groups attached to an aromatic ring is 1. The van der Waals surface area contributed by atoms with Crippen LogP contribution in [0.1, 0.15) is 11.8 Å². The maximum absolute atomic E-state index is 15.1. The Morgan fingerprint density at radius 2 is 1.80 bits per heavy atom. The van der Waals surface area contributed by atoms with Crippen LogP contribution >= 0.6 is 11.6 Å². The molecule has 0 amide bonds. The van der Waals surface area contributed by atoms with E-state index >= 15 is 4.39 Å². The molecule has 4 atom stereocenters. The molecule has 0 spiro atoms. The van der Waals surface area contributed by atoms with Crippen molar-refractivity contribution in [3.05, 3.63) is 41.4 Å². The third-order valence-corrected chi connectivity index (χ3v) is 6.12. The molecule has 1 saturated heterocycles. The molecule has 18 heteroatoms. The number of fused-ring (bicyclic) bond motifs is 1. The van der Waals surface area contributed by atoms with Crippen molar-refractivity contribution in [3.8, 4) is 5.75 Å². The molecule has 1 fully saturated rings. The average Bonchev–Trinajstić information content (AvgIpc) is 3.41. The second-order valence-electron chi connectivity index (χ2n) is 8.67. The summed E-state index contributed by atoms with van der Waals surface area (Å²) in [5.41, 5.74) is 2.90. The molecule has 5 N–H and O–H groups in total. The van der Waals surface area contributed by atoms with Crippen LogP contribution in [0.15, 0.2) is 30.6 Å². The van der Waals surface area contributed by atoms with Gasteiger partial charge in [-0.2, -0.15) is 23.1 Å². The average molecular weight is 594 g/mol. The monoisotopic (exact) mass is 593 g/mol. The summed E-state index contributed by atoms with van der Waals surface area (Å²) in [7, 11) is 0. The first-order valence-corrected chi connectivity index (χ1v) is 11.6. The highest BCUT2D eigenvalue weighted by atomic mass is 35.5. The lowest BCUT2D eigenvalue weighted by atomic mass is 9.94. The maximum atomic E-state index is 15.1. The van der Waals surface area contributed by atoms with Gasteiger partial charge in [-0.3, -0.25) is 4.57 Å². The number of halogens is 5. The second kappa shape index (κ2) is 11.0. The number of hydrogen-bond donors (Lipinski definition) is 4. The molecule has 1 aliphatic heterocycles. The Kier molecular flexibility index (Phi) is 8.02. The van der Waals surface area contributed by atoms with Gasteiger partial charge in [0.15, 0.2) is 30.5 Å². The van der Waals surface area contributed by atoms with Crippen molar-refractivity contribution in [3.63, 3.8) is 0 Å². The van der Waals surface area contributed by atoms with Gasteiger partial charge in [0.2, 0.25) is 5.28 Å². The number of hydrogen-bond acceptors (Lipinski definition) is 10. The van der Waals surface area contributed by atoms with Crippen LogP contribution in [0.25, 0.3) is 11.2 Å². The smallest absolute Gasteiger partial charge is 0.422 e. The quantitative estimate of drug-likeness (QED) is 0.151. The number of aliphatic hydroxyl groups excluding tert-OH is 1. The summed E-state index contributed by atoms with van der Waals surface area (Å²) in [6.45, 7) is -2.44. The van der Waals surface area contributed by atoms with E-state index in [1.54, 1.807) is 0 Å². The first-order chi connectivity index (χ1) is 18.7. The number of ether oxygens (including phenoxy) is 3. The summed E-state index contributed by atoms with van der Waals surface area (Å²) >= 11 is 5.81. The molecule has 0 saturated carbocycles. The van der Waals surface area contributed by atoms with Gasteiger partial charge in [-0.05, 0) is 29.3 Å². The largest absolute Gasteiger partial charge is 0.484 e. The lowest BCUT2D eigenvalue weighted by Crippen LogP contribution is -2.52. The fraction of sp³-hybridized carbons (Fsp3) is 0.409. The fourth-order valence-corrected chi connectivity index (χ4v) is 4.13. The zero-order valence-electron chi connectivity index (χ0n) is 20.0. The molecule has 40 heavy (non-hydrogen) atoms. The third-order valence-electron chi connectivity index (χ3n) is 5.95. The highest BCUT2D eigenvalue weighted by Gasteiger charge is 2.52. The van der Waals surface area contributed by atoms with Crippen LogP contribution in [0, 0.1) is 0 Å². The Hall–Kier alpha value is -3.80. The summed E-state index contributed by atoms with van der Waals surface area (Å²) in [6, 6.07) is 4.51. The normalized spacial score (nSPS) is 21.6. The minimum Gasteiger partial charge on any atom is -0.484 e. The van der Waals surface area contributed by atoms with E-state index < -0.39 is 68.0 Å². The first-order valence-electron chi connectivity index (χ1n) is 11.2. The van der Waals surface area contributed by atoms with Crippen LogP contribution < -0.4 is 10.5 Å². The van der Waals surface area contributed by atoms with Crippen molar-refractivity contribution in [2.24, 2.45) is 0 Å². The lowest BCUT2D eigenvalue weighted by Gasteiger charge is -2.27. The standard InChI is InChI=1S/C22H20ClF4N5O8/c23-20-30-15(28)13-16(31-20)32(8-29-13)17-12(24)14(33)11(40-17)6-39-21(18(34)35,19(36)37)5-9-1-3-10(4-2-9)38-7-22(25,26)27/h1-4,8,11-12,14,17,33H,5-7H2,(H,34,35)(H,36,37)(H2,28,30,31)/t11-,12+,14-,17?/m1/s1. The van der Waals surface area contributed by atoms with E-state index in [4.69, 9.17) is 26.8 Å². The van der Waals surface area contributed by atoms with Crippen molar-refractivity contribution in [1.29, 1.82) is 0 Å². The number of rotatable bonds is 10. The molecular formula is C22H20ClF4N5O8. The number of anilines is 1. The zero-order valence-corrected chi connectivity index (χ0v) is 20.7. The molecule has 1 unspecified atom stereocenters. The van der Waals surface area contributed by atoms with E-state index in [1.165, 1.54) is 0 Å². The summed E-state index contributed by atoms with van der Waals surface area (Å²) in [4.78, 5) is 35.8. The number of aliphatic hydroxyl groups is 1. The molecule has 0 radical (unpaired) electrons. The Morgan fingerprint density at radius 1 is 1.15 bits per heavy atom. The van der Waals surface area contributed by atoms with Gasteiger partial charge < -0.3 is 35.3 Å². The first kappa shape index (κ1) is 29.2. The summed E-state index contributed by atoms with van der Waals surface area (Å²) in [5.74, 6) is -4.15. The molecule has 4 rings (SSSR count). The Morgan fingerprint density at radius 3 is 2.40 bits per heavy atom. The maximum Gasteiger partial charge on any atom is 0.422 e. The van der Waals surface area contributed by atoms with E-state index in [-0.39, 0.29) is 33.6 Å². The van der Waals surface area contributed by atoms with Crippen molar-refractivity contribution < 1.29 is 56.7 Å². The Balaban J connectivity index is 1.51. The second-order valence-corrected chi connectivity index (χ2v) is 9.01. The molecule has 3 heterocycles. The molecule has 1 aliphatic rings. The lowest BCUT2D eigenvalue weighted by molar-refractivity contribution is -0.190. The van der Waals surface area contributed by atoms with E-state index in [0.717, 1.165) is 35.2 Å². The van der Waals surface area contributed by atoms with E-state index in [1.807, 2.05) is 0 Å². The number of benzene rings is 1. The predicted molar refractivity (Wildman–Crippen MR) is 125 cm³/mol. The van der Waals surface area contributed by atoms with Gasteiger partial charge >= 0.3 is 18.1 Å². The summed E-state index contributed by atoms with van der Waals surface area (Å²) < 4.78 is 68.5. The highest BCUT2D eigenvalue weighted by molar-refractivity contribution is 6.28. The van der Waals surface area contributed by atoms with E-state index in [0.29, 0.717) is 0 Å². The van der Waals surface area contributed by atoms with Crippen LogP contribution in [0.2, 0.25) is 5.28 Å². The van der Waals surface area contributed by atoms with Gasteiger partial charge in [0, 0.05) is 6.42 Å². The van der Waals surface area contributed by atoms with Crippen molar-refractivity contribution in [1.82, 2.24) is 19.5 Å². The van der Waals surface area contributed by atoms with Gasteiger partial charge in [0.05, 0.1) is 12.9 Å². The van der Waals surface area contributed by atoms with Crippen molar-refractivity contribution in [2.75, 3.05) is 18.9 Å². The van der Waals surface area contributed by atoms with Crippen molar-refractivity contribution >= 4 is 40.5 Å². The van der Waals surface area contributed by atoms with E-state index in [2.05, 4.69) is 19.7 Å². The van der Waals surface area contributed by atoms with Crippen LogP contribution in [0.5, 0.6) is 5.75 Å². The number of aliphatic carboxylic acids is 2. The topological polar surface area (TPSA) is 192 Å². The predicted octanol–water partition coefficient (Wildman–Crippen LogP) is 1.77. The SMILES string of the molecule is Nc1nc(Cl)nc2c1ncn2C1O[C@H](COC(Cc2ccc(OCC(F)(F)F)cc2)(C(=O)O)C(=O)O)[C@@H](O)[C@@H]1F. The molecule has 13 nitrogen and oxygen atoms in total. The van der Waals surface area contributed by atoms with Gasteiger partial charge in [0.25, 0.3) is 5.60 Å². The highest BCUT2D eigenvalue weighted by Crippen LogP contribution is 2.35. The van der Waals surface area contributed by atoms with Crippen LogP contribution in [-0.2, 0) is 25.5 Å². The van der Waals surface area contributed by atoms with Gasteiger partial charge in [-0.1, -0.05) is 12.1 Å². The van der Waals surface area contributed by atoms with Gasteiger partial charge in [0.1, 0.15) is 23.5 Å². The molecule has 216 valence electrons. The molecule has 0 bridgehead atoms. The van der Waals surface area contributed by atoms with Crippen LogP contribution in [0.4, 0.5) is 23.4 Å². The number of carbonyl (C=O) groups is 2. The third kappa shape index (κ3) is 5.86. The number of carboxylic acid groups (broad SMARTS) is 2. The van der Waals surface area contributed by atoms with Gasteiger partial charge in [-0.15, -0.1) is 0 Å². The molecule has 0 aliphatic carbocycles. The zero-order chi connectivity index (χ0) is 29.4. The summed E-state index contributed by atoms with van der Waals surface area (Å²) in [6.07, 6.45) is -11.4. The molecular weight excluding hydrogens is 574 g/mol. The Bertz CT molecular complexity index is 1390.